The third kappa shape index (κ3) is 4.57. The third-order valence-corrected chi connectivity index (χ3v) is 6.36. The molecule has 4 heterocycles. The number of aliphatic hydroxyl groups is 1. The second kappa shape index (κ2) is 9.44. The number of pyridine rings is 2. The number of rotatable bonds is 5. The van der Waals surface area contributed by atoms with E-state index in [2.05, 4.69) is 43.4 Å². The van der Waals surface area contributed by atoms with Crippen molar-refractivity contribution in [2.75, 3.05) is 36.9 Å². The van der Waals surface area contributed by atoms with Crippen LogP contribution in [0.25, 0.3) is 6.08 Å². The van der Waals surface area contributed by atoms with Crippen molar-refractivity contribution in [2.45, 2.75) is 39.1 Å². The molecular formula is C23H29ClN6O2. The monoisotopic (exact) mass is 456 g/mol. The number of halogens is 1. The Morgan fingerprint density at radius 1 is 1.31 bits per heavy atom. The topological polar surface area (TPSA) is 93.6 Å². The first-order valence-corrected chi connectivity index (χ1v) is 11.3. The number of carbonyl (C=O) groups excluding carboxylic acids is 1. The van der Waals surface area contributed by atoms with Crippen LogP contribution >= 0.6 is 11.6 Å². The van der Waals surface area contributed by atoms with Crippen LogP contribution < -0.4 is 15.5 Å². The van der Waals surface area contributed by atoms with E-state index < -0.39 is 6.23 Å². The van der Waals surface area contributed by atoms with E-state index in [1.807, 2.05) is 25.3 Å². The van der Waals surface area contributed by atoms with Gasteiger partial charge in [-0.3, -0.25) is 14.7 Å². The summed E-state index contributed by atoms with van der Waals surface area (Å²) in [7, 11) is 1.56. The molecule has 1 unspecified atom stereocenters. The van der Waals surface area contributed by atoms with Crippen LogP contribution in [-0.4, -0.2) is 64.8 Å². The van der Waals surface area contributed by atoms with Gasteiger partial charge in [0.1, 0.15) is 11.9 Å². The van der Waals surface area contributed by atoms with Gasteiger partial charge in [0.15, 0.2) is 0 Å². The molecule has 2 aliphatic heterocycles. The normalized spacial score (nSPS) is 20.9. The Kier molecular flexibility index (Phi) is 6.64. The van der Waals surface area contributed by atoms with Gasteiger partial charge < -0.3 is 20.6 Å². The van der Waals surface area contributed by atoms with Gasteiger partial charge in [-0.25, -0.2) is 4.98 Å². The molecule has 3 N–H and O–H groups in total. The number of amides is 1. The maximum Gasteiger partial charge on any atom is 0.271 e. The zero-order valence-electron chi connectivity index (χ0n) is 18.6. The summed E-state index contributed by atoms with van der Waals surface area (Å²) in [5.74, 6) is -0.290. The molecule has 32 heavy (non-hydrogen) atoms. The summed E-state index contributed by atoms with van der Waals surface area (Å²) in [6, 6.07) is 4.15. The zero-order chi connectivity index (χ0) is 22.8. The fourth-order valence-corrected chi connectivity index (χ4v) is 4.56. The Balaban J connectivity index is 1.41. The van der Waals surface area contributed by atoms with E-state index in [-0.39, 0.29) is 17.6 Å². The largest absolute Gasteiger partial charge is 0.370 e. The van der Waals surface area contributed by atoms with Crippen LogP contribution in [0.4, 0.5) is 11.4 Å². The molecule has 0 spiro atoms. The van der Waals surface area contributed by atoms with Gasteiger partial charge in [0.25, 0.3) is 5.91 Å². The molecule has 8 nitrogen and oxygen atoms in total. The molecule has 0 radical (unpaired) electrons. The van der Waals surface area contributed by atoms with Crippen LogP contribution in [0.3, 0.4) is 0 Å². The van der Waals surface area contributed by atoms with Crippen molar-refractivity contribution in [1.29, 1.82) is 0 Å². The van der Waals surface area contributed by atoms with E-state index in [0.29, 0.717) is 5.02 Å². The number of hydrogen-bond donors (Lipinski definition) is 3. The second-order valence-electron chi connectivity index (χ2n) is 8.28. The first-order valence-electron chi connectivity index (χ1n) is 10.9. The van der Waals surface area contributed by atoms with Gasteiger partial charge in [0, 0.05) is 45.5 Å². The lowest BCUT2D eigenvalue weighted by Crippen LogP contribution is -2.51. The Bertz CT molecular complexity index is 1040. The van der Waals surface area contributed by atoms with Crippen LogP contribution in [-0.2, 0) is 6.54 Å². The number of anilines is 2. The maximum atomic E-state index is 11.8. The number of fused-ring (bicyclic) bond motifs is 1. The minimum absolute atomic E-state index is 0.240. The van der Waals surface area contributed by atoms with Crippen molar-refractivity contribution in [1.82, 2.24) is 20.2 Å². The SMILES string of the molecule is CCC1=Cc2ncc(CN3CCN(c4cnc(C(=O)NC)c(Cl)c4)[C@@H](C)C3)cc2NC1O. The van der Waals surface area contributed by atoms with Gasteiger partial charge in [0.2, 0.25) is 0 Å². The van der Waals surface area contributed by atoms with E-state index in [4.69, 9.17) is 11.6 Å². The van der Waals surface area contributed by atoms with Gasteiger partial charge in [-0.2, -0.15) is 0 Å². The summed E-state index contributed by atoms with van der Waals surface area (Å²) in [6.07, 6.45) is 5.73. The van der Waals surface area contributed by atoms with Crippen LogP contribution in [0.15, 0.2) is 30.1 Å². The molecule has 2 aliphatic rings. The molecule has 2 aromatic rings. The molecule has 0 saturated carbocycles. The van der Waals surface area contributed by atoms with Crippen molar-refractivity contribution in [3.8, 4) is 0 Å². The number of nitrogens with one attached hydrogen (secondary N) is 2. The molecule has 2 atom stereocenters. The Hall–Kier alpha value is -2.68. The van der Waals surface area contributed by atoms with E-state index in [0.717, 1.165) is 60.8 Å². The number of aliphatic hydroxyl groups excluding tert-OH is 1. The average Bonchev–Trinajstić information content (AvgIpc) is 2.78. The Morgan fingerprint density at radius 3 is 2.81 bits per heavy atom. The number of aromatic nitrogens is 2. The molecular weight excluding hydrogens is 428 g/mol. The molecule has 1 fully saturated rings. The highest BCUT2D eigenvalue weighted by Gasteiger charge is 2.26. The van der Waals surface area contributed by atoms with Crippen LogP contribution in [0.2, 0.25) is 5.02 Å². The summed E-state index contributed by atoms with van der Waals surface area (Å²) < 4.78 is 0. The van der Waals surface area contributed by atoms with Gasteiger partial charge >= 0.3 is 0 Å². The summed E-state index contributed by atoms with van der Waals surface area (Å²) >= 11 is 6.30. The standard InChI is InChI=1S/C23H29ClN6O2/c1-4-16-8-19-20(28-22(16)31)7-15(10-26-19)13-29-5-6-30(14(2)12-29)17-9-18(24)21(27-11-17)23(32)25-3/h7-11,14,22,28,31H,4-6,12-13H2,1-3H3,(H,25,32)/t14-,22?/m0/s1. The lowest BCUT2D eigenvalue weighted by molar-refractivity contribution is 0.0958. The molecule has 0 bridgehead atoms. The number of hydrogen-bond acceptors (Lipinski definition) is 7. The molecule has 1 amide bonds. The minimum Gasteiger partial charge on any atom is -0.370 e. The van der Waals surface area contributed by atoms with Gasteiger partial charge in [-0.1, -0.05) is 18.5 Å². The second-order valence-corrected chi connectivity index (χ2v) is 8.68. The first kappa shape index (κ1) is 22.5. The summed E-state index contributed by atoms with van der Waals surface area (Å²) in [4.78, 5) is 25.4. The van der Waals surface area contributed by atoms with Gasteiger partial charge in [0.05, 0.1) is 28.3 Å². The van der Waals surface area contributed by atoms with Crippen molar-refractivity contribution in [2.24, 2.45) is 0 Å². The molecule has 9 heteroatoms. The predicted molar refractivity (Wildman–Crippen MR) is 127 cm³/mol. The molecule has 0 aromatic carbocycles. The number of nitrogens with zero attached hydrogens (tertiary/aromatic N) is 4. The van der Waals surface area contributed by atoms with Crippen LogP contribution in [0, 0.1) is 0 Å². The molecule has 0 aliphatic carbocycles. The summed E-state index contributed by atoms with van der Waals surface area (Å²) in [5.41, 5.74) is 4.96. The van der Waals surface area contributed by atoms with Crippen LogP contribution in [0.5, 0.6) is 0 Å². The quantitative estimate of drug-likeness (QED) is 0.636. The number of piperazine rings is 1. The highest BCUT2D eigenvalue weighted by atomic mass is 35.5. The molecule has 4 rings (SSSR count). The summed E-state index contributed by atoms with van der Waals surface area (Å²) in [5, 5.41) is 16.3. The lowest BCUT2D eigenvalue weighted by atomic mass is 10.0. The highest BCUT2D eigenvalue weighted by molar-refractivity contribution is 6.33. The molecule has 1 saturated heterocycles. The predicted octanol–water partition coefficient (Wildman–Crippen LogP) is 2.74. The van der Waals surface area contributed by atoms with Crippen LogP contribution in [0.1, 0.15) is 42.0 Å². The van der Waals surface area contributed by atoms with Gasteiger partial charge in [-0.05, 0) is 42.7 Å². The maximum absolute atomic E-state index is 11.8. The van der Waals surface area contributed by atoms with E-state index >= 15 is 0 Å². The zero-order valence-corrected chi connectivity index (χ0v) is 19.4. The van der Waals surface area contributed by atoms with E-state index in [1.54, 1.807) is 13.2 Å². The summed E-state index contributed by atoms with van der Waals surface area (Å²) in [6.45, 7) is 7.57. The third-order valence-electron chi connectivity index (χ3n) is 6.07. The van der Waals surface area contributed by atoms with Crippen molar-refractivity contribution >= 4 is 35.0 Å². The average molecular weight is 457 g/mol. The Labute approximate surface area is 193 Å². The fourth-order valence-electron chi connectivity index (χ4n) is 4.31. The van der Waals surface area contributed by atoms with Crippen molar-refractivity contribution in [3.05, 3.63) is 52.1 Å². The minimum atomic E-state index is -0.650. The molecule has 170 valence electrons. The smallest absolute Gasteiger partial charge is 0.271 e. The fraction of sp³-hybridized carbons (Fsp3) is 0.435. The van der Waals surface area contributed by atoms with Crippen molar-refractivity contribution in [3.63, 3.8) is 0 Å². The van der Waals surface area contributed by atoms with E-state index in [1.165, 1.54) is 0 Å². The van der Waals surface area contributed by atoms with Crippen molar-refractivity contribution < 1.29 is 9.90 Å². The van der Waals surface area contributed by atoms with E-state index in [9.17, 15) is 9.90 Å². The first-order chi connectivity index (χ1) is 15.4. The number of carbonyl (C=O) groups is 1. The lowest BCUT2D eigenvalue weighted by Gasteiger charge is -2.41. The molecule has 2 aromatic heterocycles. The Morgan fingerprint density at radius 2 is 2.12 bits per heavy atom. The highest BCUT2D eigenvalue weighted by Crippen LogP contribution is 2.28. The van der Waals surface area contributed by atoms with Gasteiger partial charge in [-0.15, -0.1) is 0 Å².